The van der Waals surface area contributed by atoms with Crippen molar-refractivity contribution in [3.05, 3.63) is 0 Å². The molecule has 0 aliphatic heterocycles. The van der Waals surface area contributed by atoms with Crippen molar-refractivity contribution in [2.45, 2.75) is 45.1 Å². The fourth-order valence-corrected chi connectivity index (χ4v) is 1.20. The summed E-state index contributed by atoms with van der Waals surface area (Å²) in [5.74, 6) is 0. The van der Waals surface area contributed by atoms with E-state index in [0.717, 1.165) is 6.54 Å². The summed E-state index contributed by atoms with van der Waals surface area (Å²) in [4.78, 5) is 0. The minimum absolute atomic E-state index is 0.358. The molecule has 0 bridgehead atoms. The highest BCUT2D eigenvalue weighted by atomic mass is 14.9. The molecule has 0 radical (unpaired) electrons. The van der Waals surface area contributed by atoms with Gasteiger partial charge in [-0.2, -0.15) is 0 Å². The summed E-state index contributed by atoms with van der Waals surface area (Å²) in [6, 6.07) is 0.358. The summed E-state index contributed by atoms with van der Waals surface area (Å²) >= 11 is 0. The van der Waals surface area contributed by atoms with Crippen molar-refractivity contribution >= 4 is 0 Å². The van der Waals surface area contributed by atoms with E-state index in [9.17, 15) is 0 Å². The van der Waals surface area contributed by atoms with Gasteiger partial charge in [0.1, 0.15) is 0 Å². The Hall–Kier alpha value is -0.0800. The SMILES string of the molecule is CCCCCCC(N)CNC. The summed E-state index contributed by atoms with van der Waals surface area (Å²) in [5, 5.41) is 3.08. The highest BCUT2D eigenvalue weighted by Gasteiger charge is 1.98. The van der Waals surface area contributed by atoms with E-state index in [1.165, 1.54) is 32.1 Å². The van der Waals surface area contributed by atoms with Gasteiger partial charge in [-0.3, -0.25) is 0 Å². The Balaban J connectivity index is 2.97. The fraction of sp³-hybridized carbons (Fsp3) is 1.00. The molecule has 1 atom stereocenters. The Morgan fingerprint density at radius 1 is 1.27 bits per heavy atom. The number of hydrogen-bond donors (Lipinski definition) is 2. The number of rotatable bonds is 7. The standard InChI is InChI=1S/C9H22N2/c1-3-4-5-6-7-9(10)8-11-2/h9,11H,3-8,10H2,1-2H3. The molecular formula is C9H22N2. The Bertz CT molecular complexity index is 74.0. The molecule has 0 aromatic heterocycles. The van der Waals surface area contributed by atoms with Crippen LogP contribution in [0.3, 0.4) is 0 Å². The van der Waals surface area contributed by atoms with Crippen LogP contribution in [-0.2, 0) is 0 Å². The lowest BCUT2D eigenvalue weighted by atomic mass is 10.1. The smallest absolute Gasteiger partial charge is 0.0165 e. The lowest BCUT2D eigenvalue weighted by Crippen LogP contribution is -2.31. The van der Waals surface area contributed by atoms with Crippen molar-refractivity contribution in [3.63, 3.8) is 0 Å². The molecule has 0 saturated carbocycles. The quantitative estimate of drug-likeness (QED) is 0.551. The van der Waals surface area contributed by atoms with Gasteiger partial charge in [0.15, 0.2) is 0 Å². The van der Waals surface area contributed by atoms with Gasteiger partial charge in [0.2, 0.25) is 0 Å². The van der Waals surface area contributed by atoms with E-state index in [1.807, 2.05) is 7.05 Å². The third-order valence-corrected chi connectivity index (χ3v) is 1.89. The molecule has 0 fully saturated rings. The molecule has 0 saturated heterocycles. The van der Waals surface area contributed by atoms with E-state index in [4.69, 9.17) is 5.73 Å². The maximum Gasteiger partial charge on any atom is 0.0165 e. The molecule has 2 heteroatoms. The molecule has 0 aromatic rings. The molecule has 0 rings (SSSR count). The molecule has 11 heavy (non-hydrogen) atoms. The van der Waals surface area contributed by atoms with Crippen LogP contribution >= 0.6 is 0 Å². The van der Waals surface area contributed by atoms with Crippen LogP contribution in [0, 0.1) is 0 Å². The van der Waals surface area contributed by atoms with Gasteiger partial charge in [0.25, 0.3) is 0 Å². The van der Waals surface area contributed by atoms with E-state index < -0.39 is 0 Å². The van der Waals surface area contributed by atoms with Gasteiger partial charge in [-0.05, 0) is 13.5 Å². The largest absolute Gasteiger partial charge is 0.327 e. The van der Waals surface area contributed by atoms with Crippen molar-refractivity contribution in [2.24, 2.45) is 5.73 Å². The molecule has 0 spiro atoms. The molecule has 3 N–H and O–H groups in total. The highest BCUT2D eigenvalue weighted by Crippen LogP contribution is 2.03. The van der Waals surface area contributed by atoms with Gasteiger partial charge >= 0.3 is 0 Å². The average molecular weight is 158 g/mol. The first-order valence-corrected chi connectivity index (χ1v) is 4.71. The van der Waals surface area contributed by atoms with Gasteiger partial charge in [0.05, 0.1) is 0 Å². The van der Waals surface area contributed by atoms with Crippen LogP contribution in [0.2, 0.25) is 0 Å². The minimum atomic E-state index is 0.358. The second kappa shape index (κ2) is 8.02. The van der Waals surface area contributed by atoms with Crippen molar-refractivity contribution in [3.8, 4) is 0 Å². The van der Waals surface area contributed by atoms with Gasteiger partial charge < -0.3 is 11.1 Å². The third kappa shape index (κ3) is 7.82. The van der Waals surface area contributed by atoms with Crippen molar-refractivity contribution in [1.82, 2.24) is 5.32 Å². The van der Waals surface area contributed by atoms with Gasteiger partial charge in [0, 0.05) is 12.6 Å². The Kier molecular flexibility index (Phi) is 7.96. The van der Waals surface area contributed by atoms with E-state index in [0.29, 0.717) is 6.04 Å². The predicted octanol–water partition coefficient (Wildman–Crippen LogP) is 1.50. The van der Waals surface area contributed by atoms with Gasteiger partial charge in [-0.15, -0.1) is 0 Å². The zero-order chi connectivity index (χ0) is 8.53. The molecule has 0 heterocycles. The second-order valence-electron chi connectivity index (χ2n) is 3.17. The van der Waals surface area contributed by atoms with E-state index in [2.05, 4.69) is 12.2 Å². The third-order valence-electron chi connectivity index (χ3n) is 1.89. The zero-order valence-corrected chi connectivity index (χ0v) is 7.90. The Morgan fingerprint density at radius 2 is 2.00 bits per heavy atom. The predicted molar refractivity (Wildman–Crippen MR) is 50.7 cm³/mol. The maximum atomic E-state index is 5.80. The number of nitrogens with one attached hydrogen (secondary N) is 1. The summed E-state index contributed by atoms with van der Waals surface area (Å²) < 4.78 is 0. The van der Waals surface area contributed by atoms with E-state index >= 15 is 0 Å². The molecule has 68 valence electrons. The second-order valence-corrected chi connectivity index (χ2v) is 3.17. The Labute approximate surface area is 70.5 Å². The van der Waals surface area contributed by atoms with Crippen LogP contribution in [-0.4, -0.2) is 19.6 Å². The topological polar surface area (TPSA) is 38.0 Å². The van der Waals surface area contributed by atoms with E-state index in [1.54, 1.807) is 0 Å². The van der Waals surface area contributed by atoms with Gasteiger partial charge in [-0.25, -0.2) is 0 Å². The minimum Gasteiger partial charge on any atom is -0.327 e. The monoisotopic (exact) mass is 158 g/mol. The maximum absolute atomic E-state index is 5.80. The van der Waals surface area contributed by atoms with Crippen molar-refractivity contribution in [1.29, 1.82) is 0 Å². The van der Waals surface area contributed by atoms with Gasteiger partial charge in [-0.1, -0.05) is 32.6 Å². The number of nitrogens with two attached hydrogens (primary N) is 1. The van der Waals surface area contributed by atoms with Crippen molar-refractivity contribution in [2.75, 3.05) is 13.6 Å². The first kappa shape index (κ1) is 10.9. The summed E-state index contributed by atoms with van der Waals surface area (Å²) in [5.41, 5.74) is 5.80. The number of unbranched alkanes of at least 4 members (excludes halogenated alkanes) is 3. The average Bonchev–Trinajstić information content (AvgIpc) is 1.99. The summed E-state index contributed by atoms with van der Waals surface area (Å²) in [6.07, 6.45) is 6.46. The van der Waals surface area contributed by atoms with E-state index in [-0.39, 0.29) is 0 Å². The molecule has 0 aliphatic rings. The summed E-state index contributed by atoms with van der Waals surface area (Å²) in [7, 11) is 1.95. The van der Waals surface area contributed by atoms with Crippen LogP contribution in [0.4, 0.5) is 0 Å². The van der Waals surface area contributed by atoms with Crippen LogP contribution < -0.4 is 11.1 Å². The Morgan fingerprint density at radius 3 is 2.55 bits per heavy atom. The molecule has 0 aromatic carbocycles. The molecule has 0 aliphatic carbocycles. The first-order valence-electron chi connectivity index (χ1n) is 4.71. The highest BCUT2D eigenvalue weighted by molar-refractivity contribution is 4.62. The number of likely N-dealkylation sites (N-methyl/N-ethyl adjacent to an activating group) is 1. The molecule has 0 amide bonds. The normalized spacial score (nSPS) is 13.4. The molecule has 1 unspecified atom stereocenters. The van der Waals surface area contributed by atoms with Crippen LogP contribution in [0.15, 0.2) is 0 Å². The fourth-order valence-electron chi connectivity index (χ4n) is 1.20. The van der Waals surface area contributed by atoms with Crippen LogP contribution in [0.1, 0.15) is 39.0 Å². The first-order chi connectivity index (χ1) is 5.31. The molecule has 2 nitrogen and oxygen atoms in total. The lowest BCUT2D eigenvalue weighted by molar-refractivity contribution is 0.528. The van der Waals surface area contributed by atoms with Crippen molar-refractivity contribution < 1.29 is 0 Å². The molecular weight excluding hydrogens is 136 g/mol. The number of hydrogen-bond acceptors (Lipinski definition) is 2. The lowest BCUT2D eigenvalue weighted by Gasteiger charge is -2.09. The summed E-state index contributed by atoms with van der Waals surface area (Å²) in [6.45, 7) is 3.18. The van der Waals surface area contributed by atoms with Crippen LogP contribution in [0.5, 0.6) is 0 Å². The zero-order valence-electron chi connectivity index (χ0n) is 7.90. The van der Waals surface area contributed by atoms with Crippen LogP contribution in [0.25, 0.3) is 0 Å².